The van der Waals surface area contributed by atoms with E-state index in [0.717, 1.165) is 11.1 Å². The van der Waals surface area contributed by atoms with Crippen LogP contribution < -0.4 is 14.9 Å². The number of hydrogen-bond acceptors (Lipinski definition) is 6. The van der Waals surface area contributed by atoms with E-state index in [2.05, 4.69) is 15.6 Å². The summed E-state index contributed by atoms with van der Waals surface area (Å²) in [4.78, 5) is 25.3. The summed E-state index contributed by atoms with van der Waals surface area (Å²) >= 11 is 7.33. The normalized spacial score (nSPS) is 15.8. The fourth-order valence-corrected chi connectivity index (χ4v) is 4.40. The van der Waals surface area contributed by atoms with E-state index in [-0.39, 0.29) is 17.4 Å². The number of ether oxygens (including phenoxy) is 2. The Labute approximate surface area is 187 Å². The van der Waals surface area contributed by atoms with Gasteiger partial charge in [-0.05, 0) is 35.9 Å². The van der Waals surface area contributed by atoms with Gasteiger partial charge in [-0.3, -0.25) is 20.1 Å². The number of rotatable bonds is 6. The fourth-order valence-electron chi connectivity index (χ4n) is 3.17. The Balaban J connectivity index is 1.53. The van der Waals surface area contributed by atoms with Crippen molar-refractivity contribution < 1.29 is 19.1 Å². The van der Waals surface area contributed by atoms with Gasteiger partial charge in [-0.1, -0.05) is 29.8 Å². The molecule has 0 spiro atoms. The average Bonchev–Trinajstić information content (AvgIpc) is 3.41. The molecule has 1 fully saturated rings. The third-order valence-corrected chi connectivity index (χ3v) is 6.21. The molecule has 1 unspecified atom stereocenters. The van der Waals surface area contributed by atoms with E-state index in [1.165, 1.54) is 16.8 Å². The van der Waals surface area contributed by atoms with E-state index < -0.39 is 11.3 Å². The Hall–Kier alpha value is -3.17. The number of thioether (sulfide) groups is 1. The number of carbonyl (C=O) groups excluding carboxylic acids is 2. The van der Waals surface area contributed by atoms with E-state index >= 15 is 0 Å². The molecule has 160 valence electrons. The molecule has 0 radical (unpaired) electrons. The maximum absolute atomic E-state index is 12.8. The molecule has 2 aromatic carbocycles. The Bertz CT molecular complexity index is 1120. The lowest BCUT2D eigenvalue weighted by atomic mass is 10.1. The summed E-state index contributed by atoms with van der Waals surface area (Å²) in [5, 5.41) is 8.45. The zero-order valence-corrected chi connectivity index (χ0v) is 18.3. The molecule has 0 bridgehead atoms. The van der Waals surface area contributed by atoms with Gasteiger partial charge in [-0.25, -0.2) is 5.01 Å². The van der Waals surface area contributed by atoms with E-state index in [4.69, 9.17) is 21.1 Å². The number of aromatic nitrogens is 2. The van der Waals surface area contributed by atoms with Gasteiger partial charge in [0, 0.05) is 10.6 Å². The second kappa shape index (κ2) is 8.91. The third-order valence-electron chi connectivity index (χ3n) is 4.75. The number of aromatic amines is 1. The summed E-state index contributed by atoms with van der Waals surface area (Å²) in [5.74, 6) is 0.721. The summed E-state index contributed by atoms with van der Waals surface area (Å²) in [6.07, 6.45) is 0. The second-order valence-corrected chi connectivity index (χ2v) is 8.16. The highest BCUT2D eigenvalue weighted by Gasteiger charge is 2.35. The van der Waals surface area contributed by atoms with Crippen LogP contribution in [0.2, 0.25) is 5.02 Å². The van der Waals surface area contributed by atoms with Gasteiger partial charge in [0.05, 0.1) is 25.7 Å². The molecule has 2 N–H and O–H groups in total. The molecule has 1 aromatic heterocycles. The summed E-state index contributed by atoms with van der Waals surface area (Å²) in [6, 6.07) is 14.2. The Morgan fingerprint density at radius 1 is 1.16 bits per heavy atom. The highest BCUT2D eigenvalue weighted by Crippen LogP contribution is 2.40. The number of amides is 2. The van der Waals surface area contributed by atoms with Crippen molar-refractivity contribution in [1.82, 2.24) is 20.6 Å². The standard InChI is InChI=1S/C21H19ClN4O4S/c1-29-17-8-5-13(9-18(17)30-2)21-26(19(27)11-31-21)25-20(28)16-10-15(23-24-16)12-3-6-14(22)7-4-12/h3-10,21H,11H2,1-2H3,(H,23,24)(H,25,28). The second-order valence-electron chi connectivity index (χ2n) is 6.66. The first-order valence-corrected chi connectivity index (χ1v) is 10.7. The Morgan fingerprint density at radius 3 is 2.61 bits per heavy atom. The van der Waals surface area contributed by atoms with Gasteiger partial charge >= 0.3 is 0 Å². The molecular formula is C21H19ClN4O4S. The van der Waals surface area contributed by atoms with E-state index in [1.54, 1.807) is 44.6 Å². The van der Waals surface area contributed by atoms with Gasteiger partial charge in [0.1, 0.15) is 11.1 Å². The van der Waals surface area contributed by atoms with E-state index in [1.807, 2.05) is 18.2 Å². The molecule has 2 heterocycles. The molecule has 31 heavy (non-hydrogen) atoms. The number of H-pyrrole nitrogens is 1. The average molecular weight is 459 g/mol. The largest absolute Gasteiger partial charge is 0.493 e. The van der Waals surface area contributed by atoms with Crippen molar-refractivity contribution in [3.05, 3.63) is 64.8 Å². The first kappa shape index (κ1) is 21.1. The molecule has 4 rings (SSSR count). The van der Waals surface area contributed by atoms with Crippen LogP contribution in [-0.4, -0.2) is 47.0 Å². The fraction of sp³-hybridized carbons (Fsp3) is 0.190. The van der Waals surface area contributed by atoms with Crippen LogP contribution >= 0.6 is 23.4 Å². The minimum Gasteiger partial charge on any atom is -0.493 e. The van der Waals surface area contributed by atoms with Gasteiger partial charge < -0.3 is 9.47 Å². The van der Waals surface area contributed by atoms with Crippen molar-refractivity contribution in [2.24, 2.45) is 0 Å². The predicted octanol–water partition coefficient (Wildman–Crippen LogP) is 3.67. The molecule has 1 atom stereocenters. The molecule has 2 amide bonds. The lowest BCUT2D eigenvalue weighted by Gasteiger charge is -2.24. The molecule has 0 aliphatic carbocycles. The Kier molecular flexibility index (Phi) is 6.06. The molecule has 1 aliphatic rings. The van der Waals surface area contributed by atoms with Crippen molar-refractivity contribution >= 4 is 35.2 Å². The number of hydrogen-bond donors (Lipinski definition) is 2. The molecule has 8 nitrogen and oxygen atoms in total. The number of carbonyl (C=O) groups is 2. The molecule has 1 saturated heterocycles. The number of hydrazine groups is 1. The van der Waals surface area contributed by atoms with E-state index in [9.17, 15) is 9.59 Å². The number of methoxy groups -OCH3 is 2. The lowest BCUT2D eigenvalue weighted by Crippen LogP contribution is -2.44. The smallest absolute Gasteiger partial charge is 0.287 e. The summed E-state index contributed by atoms with van der Waals surface area (Å²) in [5.41, 5.74) is 5.15. The number of nitrogens with zero attached hydrogens (tertiary/aromatic N) is 2. The maximum Gasteiger partial charge on any atom is 0.287 e. The van der Waals surface area contributed by atoms with Crippen LogP contribution in [0.1, 0.15) is 21.4 Å². The summed E-state index contributed by atoms with van der Waals surface area (Å²) in [6.45, 7) is 0. The van der Waals surface area contributed by atoms with E-state index in [0.29, 0.717) is 22.2 Å². The number of benzene rings is 2. The molecule has 3 aromatic rings. The first-order chi connectivity index (χ1) is 15.0. The van der Waals surface area contributed by atoms with Gasteiger partial charge in [0.2, 0.25) is 0 Å². The van der Waals surface area contributed by atoms with Crippen LogP contribution in [0.4, 0.5) is 0 Å². The molecular weight excluding hydrogens is 440 g/mol. The third kappa shape index (κ3) is 4.33. The zero-order chi connectivity index (χ0) is 22.0. The van der Waals surface area contributed by atoms with Crippen molar-refractivity contribution in [2.45, 2.75) is 5.37 Å². The van der Waals surface area contributed by atoms with Crippen LogP contribution in [0.25, 0.3) is 11.3 Å². The monoisotopic (exact) mass is 458 g/mol. The van der Waals surface area contributed by atoms with Gasteiger partial charge in [-0.15, -0.1) is 11.8 Å². The van der Waals surface area contributed by atoms with Crippen LogP contribution in [0.15, 0.2) is 48.5 Å². The van der Waals surface area contributed by atoms with Crippen LogP contribution in [0.3, 0.4) is 0 Å². The molecule has 1 aliphatic heterocycles. The molecule has 0 saturated carbocycles. The summed E-state index contributed by atoms with van der Waals surface area (Å²) < 4.78 is 10.6. The molecule has 10 heteroatoms. The van der Waals surface area contributed by atoms with Gasteiger partial charge in [0.15, 0.2) is 11.5 Å². The van der Waals surface area contributed by atoms with Crippen LogP contribution in [-0.2, 0) is 4.79 Å². The van der Waals surface area contributed by atoms with Crippen molar-refractivity contribution in [3.63, 3.8) is 0 Å². The zero-order valence-electron chi connectivity index (χ0n) is 16.7. The highest BCUT2D eigenvalue weighted by atomic mass is 35.5. The quantitative estimate of drug-likeness (QED) is 0.585. The SMILES string of the molecule is COc1ccc(C2SCC(=O)N2NC(=O)c2cc(-c3ccc(Cl)cc3)n[nH]2)cc1OC. The van der Waals surface area contributed by atoms with Gasteiger partial charge in [-0.2, -0.15) is 5.10 Å². The highest BCUT2D eigenvalue weighted by molar-refractivity contribution is 8.00. The van der Waals surface area contributed by atoms with Crippen LogP contribution in [0, 0.1) is 0 Å². The topological polar surface area (TPSA) is 96.5 Å². The summed E-state index contributed by atoms with van der Waals surface area (Å²) in [7, 11) is 3.10. The minimum absolute atomic E-state index is 0.199. The lowest BCUT2D eigenvalue weighted by molar-refractivity contribution is -0.130. The number of nitrogens with one attached hydrogen (secondary N) is 2. The van der Waals surface area contributed by atoms with Crippen LogP contribution in [0.5, 0.6) is 11.5 Å². The van der Waals surface area contributed by atoms with Gasteiger partial charge in [0.25, 0.3) is 11.8 Å². The Morgan fingerprint density at radius 2 is 1.90 bits per heavy atom. The predicted molar refractivity (Wildman–Crippen MR) is 118 cm³/mol. The minimum atomic E-state index is -0.464. The van der Waals surface area contributed by atoms with Crippen molar-refractivity contribution in [2.75, 3.05) is 20.0 Å². The van der Waals surface area contributed by atoms with Crippen molar-refractivity contribution in [3.8, 4) is 22.8 Å². The maximum atomic E-state index is 12.8. The first-order valence-electron chi connectivity index (χ1n) is 9.28. The number of halogens is 1. The van der Waals surface area contributed by atoms with Crippen molar-refractivity contribution in [1.29, 1.82) is 0 Å².